The fourth-order valence-corrected chi connectivity index (χ4v) is 1.56. The van der Waals surface area contributed by atoms with Gasteiger partial charge in [0.1, 0.15) is 11.6 Å². The van der Waals surface area contributed by atoms with Gasteiger partial charge in [0.2, 0.25) is 0 Å². The summed E-state index contributed by atoms with van der Waals surface area (Å²) in [6.45, 7) is 2.21. The molecule has 0 aliphatic carbocycles. The molecule has 0 saturated carbocycles. The lowest BCUT2D eigenvalue weighted by Crippen LogP contribution is -2.00. The average molecular weight is 234 g/mol. The second-order valence-corrected chi connectivity index (χ2v) is 3.73. The van der Waals surface area contributed by atoms with Gasteiger partial charge >= 0.3 is 5.97 Å². The molecule has 1 aromatic carbocycles. The molecule has 0 unspecified atom stereocenters. The zero-order valence-electron chi connectivity index (χ0n) is 9.22. The van der Waals surface area contributed by atoms with Crippen LogP contribution in [0.4, 0.5) is 4.39 Å². The largest absolute Gasteiger partial charge is 0.476 e. The first-order chi connectivity index (χ1) is 8.06. The van der Waals surface area contributed by atoms with Gasteiger partial charge in [-0.2, -0.15) is 0 Å². The van der Waals surface area contributed by atoms with E-state index in [1.165, 1.54) is 18.3 Å². The Morgan fingerprint density at radius 2 is 2.06 bits per heavy atom. The number of carboxylic acid groups (broad SMARTS) is 1. The quantitative estimate of drug-likeness (QED) is 0.884. The van der Waals surface area contributed by atoms with Gasteiger partial charge in [-0.05, 0) is 24.6 Å². The third-order valence-electron chi connectivity index (χ3n) is 2.46. The topological polar surface area (TPSA) is 55.1 Å². The minimum atomic E-state index is -1.05. The molecule has 4 nitrogen and oxygen atoms in total. The fourth-order valence-electron chi connectivity index (χ4n) is 1.56. The SMILES string of the molecule is Cc1nc(C(=O)O)cn1Cc1ccc(F)cc1. The first kappa shape index (κ1) is 11.3. The summed E-state index contributed by atoms with van der Waals surface area (Å²) in [5.41, 5.74) is 0.911. The van der Waals surface area contributed by atoms with Crippen LogP contribution in [0.2, 0.25) is 0 Å². The summed E-state index contributed by atoms with van der Waals surface area (Å²) in [6, 6.07) is 6.07. The van der Waals surface area contributed by atoms with Crippen molar-refractivity contribution < 1.29 is 14.3 Å². The van der Waals surface area contributed by atoms with E-state index in [4.69, 9.17) is 5.11 Å². The van der Waals surface area contributed by atoms with Gasteiger partial charge in [0, 0.05) is 12.7 Å². The first-order valence-corrected chi connectivity index (χ1v) is 5.08. The maximum absolute atomic E-state index is 12.7. The summed E-state index contributed by atoms with van der Waals surface area (Å²) in [5, 5.41) is 8.80. The minimum absolute atomic E-state index is 0.0182. The van der Waals surface area contributed by atoms with E-state index < -0.39 is 5.97 Å². The highest BCUT2D eigenvalue weighted by molar-refractivity contribution is 5.85. The first-order valence-electron chi connectivity index (χ1n) is 5.08. The number of nitrogens with zero attached hydrogens (tertiary/aromatic N) is 2. The molecule has 0 spiro atoms. The third-order valence-corrected chi connectivity index (χ3v) is 2.46. The summed E-state index contributed by atoms with van der Waals surface area (Å²) in [6.07, 6.45) is 1.47. The predicted octanol–water partition coefficient (Wildman–Crippen LogP) is 2.08. The number of benzene rings is 1. The average Bonchev–Trinajstić information content (AvgIpc) is 2.64. The van der Waals surface area contributed by atoms with Crippen LogP contribution in [0.15, 0.2) is 30.5 Å². The van der Waals surface area contributed by atoms with E-state index in [1.807, 2.05) is 0 Å². The number of aryl methyl sites for hydroxylation is 1. The maximum atomic E-state index is 12.7. The van der Waals surface area contributed by atoms with Gasteiger partial charge in [0.25, 0.3) is 0 Å². The van der Waals surface area contributed by atoms with Crippen LogP contribution in [-0.2, 0) is 6.54 Å². The number of hydrogen-bond donors (Lipinski definition) is 1. The molecule has 2 rings (SSSR count). The zero-order chi connectivity index (χ0) is 12.4. The molecule has 1 aromatic heterocycles. The van der Waals surface area contributed by atoms with Gasteiger partial charge in [-0.1, -0.05) is 12.1 Å². The van der Waals surface area contributed by atoms with E-state index >= 15 is 0 Å². The number of carboxylic acids is 1. The molecule has 0 fully saturated rings. The second kappa shape index (κ2) is 4.37. The van der Waals surface area contributed by atoms with E-state index in [2.05, 4.69) is 4.98 Å². The number of imidazole rings is 1. The van der Waals surface area contributed by atoms with Gasteiger partial charge in [-0.15, -0.1) is 0 Å². The van der Waals surface area contributed by atoms with E-state index in [0.717, 1.165) is 5.56 Å². The van der Waals surface area contributed by atoms with Crippen LogP contribution in [0.1, 0.15) is 21.9 Å². The standard InChI is InChI=1S/C12H11FN2O2/c1-8-14-11(12(16)17)7-15(8)6-9-2-4-10(13)5-3-9/h2-5,7H,6H2,1H3,(H,16,17). The lowest BCUT2D eigenvalue weighted by Gasteiger charge is -2.04. The van der Waals surface area contributed by atoms with Crippen LogP contribution in [0, 0.1) is 12.7 Å². The lowest BCUT2D eigenvalue weighted by molar-refractivity contribution is 0.0691. The van der Waals surface area contributed by atoms with Crippen LogP contribution in [0.3, 0.4) is 0 Å². The monoisotopic (exact) mass is 234 g/mol. The number of carbonyl (C=O) groups is 1. The van der Waals surface area contributed by atoms with Crippen molar-refractivity contribution in [3.8, 4) is 0 Å². The van der Waals surface area contributed by atoms with Crippen molar-refractivity contribution in [2.24, 2.45) is 0 Å². The van der Waals surface area contributed by atoms with E-state index in [1.54, 1.807) is 23.6 Å². The molecular formula is C12H11FN2O2. The van der Waals surface area contributed by atoms with Crippen molar-refractivity contribution in [1.29, 1.82) is 0 Å². The molecule has 0 saturated heterocycles. The molecule has 17 heavy (non-hydrogen) atoms. The van der Waals surface area contributed by atoms with Gasteiger partial charge in [-0.25, -0.2) is 14.2 Å². The fraction of sp³-hybridized carbons (Fsp3) is 0.167. The Morgan fingerprint density at radius 1 is 1.41 bits per heavy atom. The summed E-state index contributed by atoms with van der Waals surface area (Å²) in [7, 11) is 0. The molecule has 0 aliphatic rings. The Kier molecular flexibility index (Phi) is 2.91. The molecule has 0 atom stereocenters. The highest BCUT2D eigenvalue weighted by Gasteiger charge is 2.10. The van der Waals surface area contributed by atoms with Crippen molar-refractivity contribution in [3.05, 3.63) is 53.4 Å². The number of hydrogen-bond acceptors (Lipinski definition) is 2. The maximum Gasteiger partial charge on any atom is 0.356 e. The number of rotatable bonds is 3. The minimum Gasteiger partial charge on any atom is -0.476 e. The molecular weight excluding hydrogens is 223 g/mol. The Labute approximate surface area is 97.3 Å². The number of aromatic nitrogens is 2. The van der Waals surface area contributed by atoms with Crippen LogP contribution < -0.4 is 0 Å². The van der Waals surface area contributed by atoms with Gasteiger partial charge in [0.15, 0.2) is 5.69 Å². The van der Waals surface area contributed by atoms with Crippen molar-refractivity contribution in [2.45, 2.75) is 13.5 Å². The smallest absolute Gasteiger partial charge is 0.356 e. The molecule has 0 bridgehead atoms. The molecule has 5 heteroatoms. The number of halogens is 1. The molecule has 2 aromatic rings. The van der Waals surface area contributed by atoms with Crippen molar-refractivity contribution in [3.63, 3.8) is 0 Å². The summed E-state index contributed by atoms with van der Waals surface area (Å²) in [4.78, 5) is 14.7. The Hall–Kier alpha value is -2.17. The lowest BCUT2D eigenvalue weighted by atomic mass is 10.2. The van der Waals surface area contributed by atoms with Gasteiger partial charge < -0.3 is 9.67 Å². The van der Waals surface area contributed by atoms with Gasteiger partial charge in [-0.3, -0.25) is 0 Å². The molecule has 1 N–H and O–H groups in total. The van der Waals surface area contributed by atoms with Crippen molar-refractivity contribution in [1.82, 2.24) is 9.55 Å². The Morgan fingerprint density at radius 3 is 2.59 bits per heavy atom. The Bertz CT molecular complexity index is 546. The zero-order valence-corrected chi connectivity index (χ0v) is 9.22. The summed E-state index contributed by atoms with van der Waals surface area (Å²) >= 11 is 0. The highest BCUT2D eigenvalue weighted by atomic mass is 19.1. The summed E-state index contributed by atoms with van der Waals surface area (Å²) < 4.78 is 14.4. The highest BCUT2D eigenvalue weighted by Crippen LogP contribution is 2.09. The van der Waals surface area contributed by atoms with Crippen LogP contribution in [0.5, 0.6) is 0 Å². The van der Waals surface area contributed by atoms with Crippen LogP contribution in [-0.4, -0.2) is 20.6 Å². The van der Waals surface area contributed by atoms with E-state index in [-0.39, 0.29) is 11.5 Å². The summed E-state index contributed by atoms with van der Waals surface area (Å²) in [5.74, 6) is -0.722. The Balaban J connectivity index is 2.24. The van der Waals surface area contributed by atoms with Gasteiger partial charge in [0.05, 0.1) is 0 Å². The molecule has 88 valence electrons. The molecule has 0 aliphatic heterocycles. The van der Waals surface area contributed by atoms with Crippen LogP contribution in [0.25, 0.3) is 0 Å². The van der Waals surface area contributed by atoms with Crippen LogP contribution >= 0.6 is 0 Å². The number of aromatic carboxylic acids is 1. The predicted molar refractivity (Wildman–Crippen MR) is 59.4 cm³/mol. The molecule has 1 heterocycles. The normalized spacial score (nSPS) is 10.5. The third kappa shape index (κ3) is 2.50. The van der Waals surface area contributed by atoms with Crippen molar-refractivity contribution in [2.75, 3.05) is 0 Å². The molecule has 0 amide bonds. The molecule has 0 radical (unpaired) electrons. The van der Waals surface area contributed by atoms with E-state index in [0.29, 0.717) is 12.4 Å². The van der Waals surface area contributed by atoms with Crippen molar-refractivity contribution >= 4 is 5.97 Å². The second-order valence-electron chi connectivity index (χ2n) is 3.73. The van der Waals surface area contributed by atoms with E-state index in [9.17, 15) is 9.18 Å².